The normalized spacial score (nSPS) is 16.2. The molecule has 2 aromatic rings. The summed E-state index contributed by atoms with van der Waals surface area (Å²) in [5, 5.41) is 9.98. The summed E-state index contributed by atoms with van der Waals surface area (Å²) >= 11 is 0. The molecule has 3 heterocycles. The minimum atomic E-state index is -0.839. The summed E-state index contributed by atoms with van der Waals surface area (Å²) in [4.78, 5) is 21.8. The Labute approximate surface area is 104 Å². The van der Waals surface area contributed by atoms with Gasteiger partial charge in [-0.3, -0.25) is 0 Å². The first-order chi connectivity index (χ1) is 8.74. The van der Waals surface area contributed by atoms with Gasteiger partial charge in [-0.2, -0.15) is 0 Å². The molecule has 1 saturated heterocycles. The number of fused-ring (bicyclic) bond motifs is 1. The van der Waals surface area contributed by atoms with Crippen LogP contribution in [0, 0.1) is 0 Å². The largest absolute Gasteiger partial charge is 0.465 e. The van der Waals surface area contributed by atoms with Crippen molar-refractivity contribution in [1.82, 2.24) is 14.9 Å². The first-order valence-corrected chi connectivity index (χ1v) is 5.90. The minimum absolute atomic E-state index is 0.542. The average molecular weight is 246 g/mol. The Bertz CT molecular complexity index is 572. The summed E-state index contributed by atoms with van der Waals surface area (Å²) in [6.45, 7) is 2.51. The number of rotatable bonds is 1. The number of piperazine rings is 1. The summed E-state index contributed by atoms with van der Waals surface area (Å²) in [5.74, 6) is 0. The molecule has 6 nitrogen and oxygen atoms in total. The second-order valence-electron chi connectivity index (χ2n) is 4.37. The van der Waals surface area contributed by atoms with Crippen LogP contribution >= 0.6 is 0 Å². The highest BCUT2D eigenvalue weighted by Gasteiger charge is 2.20. The Kier molecular flexibility index (Phi) is 2.55. The number of carbonyl (C=O) groups is 1. The molecule has 2 aromatic heterocycles. The van der Waals surface area contributed by atoms with Gasteiger partial charge in [0.25, 0.3) is 0 Å². The Morgan fingerprint density at radius 3 is 2.83 bits per heavy atom. The molecule has 18 heavy (non-hydrogen) atoms. The summed E-state index contributed by atoms with van der Waals surface area (Å²) in [6, 6.07) is 4.06. The standard InChI is InChI=1S/C12H14N4O2/c17-12(18)16-5-3-15(4-6-16)10-7-9-1-2-13-11(9)14-8-10/h1-2,7-8H,3-6H2,(H,13,14)(H,17,18). The average Bonchev–Trinajstić information content (AvgIpc) is 2.86. The van der Waals surface area contributed by atoms with E-state index >= 15 is 0 Å². The number of aromatic nitrogens is 2. The third-order valence-corrected chi connectivity index (χ3v) is 3.30. The molecule has 1 amide bonds. The van der Waals surface area contributed by atoms with E-state index in [1.165, 1.54) is 4.90 Å². The van der Waals surface area contributed by atoms with Gasteiger partial charge in [-0.1, -0.05) is 0 Å². The van der Waals surface area contributed by atoms with Crippen LogP contribution in [0.25, 0.3) is 11.0 Å². The Hall–Kier alpha value is -2.24. The van der Waals surface area contributed by atoms with Gasteiger partial charge in [0, 0.05) is 37.8 Å². The number of amides is 1. The molecule has 1 aliphatic heterocycles. The lowest BCUT2D eigenvalue weighted by Crippen LogP contribution is -2.48. The Morgan fingerprint density at radius 2 is 2.11 bits per heavy atom. The van der Waals surface area contributed by atoms with Gasteiger partial charge in [-0.05, 0) is 12.1 Å². The lowest BCUT2D eigenvalue weighted by molar-refractivity contribution is 0.142. The van der Waals surface area contributed by atoms with E-state index in [9.17, 15) is 4.79 Å². The third kappa shape index (κ3) is 1.85. The maximum absolute atomic E-state index is 10.8. The molecule has 0 aromatic carbocycles. The smallest absolute Gasteiger partial charge is 0.407 e. The van der Waals surface area contributed by atoms with Crippen LogP contribution < -0.4 is 4.90 Å². The van der Waals surface area contributed by atoms with Gasteiger partial charge in [0.05, 0.1) is 11.9 Å². The fraction of sp³-hybridized carbons (Fsp3) is 0.333. The second kappa shape index (κ2) is 4.21. The molecule has 0 radical (unpaired) electrons. The lowest BCUT2D eigenvalue weighted by Gasteiger charge is -2.34. The molecule has 1 aliphatic rings. The predicted octanol–water partition coefficient (Wildman–Crippen LogP) is 1.36. The summed E-state index contributed by atoms with van der Waals surface area (Å²) < 4.78 is 0. The first kappa shape index (κ1) is 10.9. The summed E-state index contributed by atoms with van der Waals surface area (Å²) in [6.07, 6.45) is 2.85. The van der Waals surface area contributed by atoms with Crippen molar-refractivity contribution in [1.29, 1.82) is 0 Å². The van der Waals surface area contributed by atoms with Crippen molar-refractivity contribution < 1.29 is 9.90 Å². The molecule has 0 saturated carbocycles. The second-order valence-corrected chi connectivity index (χ2v) is 4.37. The zero-order valence-corrected chi connectivity index (χ0v) is 9.83. The van der Waals surface area contributed by atoms with Crippen LogP contribution in [0.15, 0.2) is 24.5 Å². The summed E-state index contributed by atoms with van der Waals surface area (Å²) in [5.41, 5.74) is 1.93. The third-order valence-electron chi connectivity index (χ3n) is 3.30. The lowest BCUT2D eigenvalue weighted by atomic mass is 10.2. The molecule has 0 aliphatic carbocycles. The molecule has 0 bridgehead atoms. The number of nitrogens with one attached hydrogen (secondary N) is 1. The number of H-pyrrole nitrogens is 1. The van der Waals surface area contributed by atoms with Crippen molar-refractivity contribution >= 4 is 22.8 Å². The zero-order chi connectivity index (χ0) is 12.5. The molecular weight excluding hydrogens is 232 g/mol. The molecule has 6 heteroatoms. The van der Waals surface area contributed by atoms with Gasteiger partial charge in [0.2, 0.25) is 0 Å². The van der Waals surface area contributed by atoms with E-state index in [4.69, 9.17) is 5.11 Å². The van der Waals surface area contributed by atoms with Crippen LogP contribution in [-0.4, -0.2) is 52.2 Å². The van der Waals surface area contributed by atoms with Crippen molar-refractivity contribution in [2.75, 3.05) is 31.1 Å². The number of hydrogen-bond donors (Lipinski definition) is 2. The number of carboxylic acid groups (broad SMARTS) is 1. The van der Waals surface area contributed by atoms with Crippen LogP contribution in [0.2, 0.25) is 0 Å². The molecule has 2 N–H and O–H groups in total. The highest BCUT2D eigenvalue weighted by atomic mass is 16.4. The molecule has 0 atom stereocenters. The van der Waals surface area contributed by atoms with Crippen LogP contribution in [0.1, 0.15) is 0 Å². The van der Waals surface area contributed by atoms with Crippen molar-refractivity contribution in [3.05, 3.63) is 24.5 Å². The molecule has 94 valence electrons. The number of hydrogen-bond acceptors (Lipinski definition) is 3. The van der Waals surface area contributed by atoms with E-state index < -0.39 is 6.09 Å². The van der Waals surface area contributed by atoms with Gasteiger partial charge in [0.1, 0.15) is 5.65 Å². The molecule has 0 unspecified atom stereocenters. The zero-order valence-electron chi connectivity index (χ0n) is 9.83. The quantitative estimate of drug-likeness (QED) is 0.797. The fourth-order valence-corrected chi connectivity index (χ4v) is 2.26. The van der Waals surface area contributed by atoms with Crippen LogP contribution in [-0.2, 0) is 0 Å². The van der Waals surface area contributed by atoms with Crippen LogP contribution in [0.3, 0.4) is 0 Å². The van der Waals surface area contributed by atoms with Crippen molar-refractivity contribution in [3.8, 4) is 0 Å². The van der Waals surface area contributed by atoms with Crippen molar-refractivity contribution in [2.24, 2.45) is 0 Å². The van der Waals surface area contributed by atoms with Crippen LogP contribution in [0.4, 0.5) is 10.5 Å². The van der Waals surface area contributed by atoms with Crippen LogP contribution in [0.5, 0.6) is 0 Å². The summed E-state index contributed by atoms with van der Waals surface area (Å²) in [7, 11) is 0. The van der Waals surface area contributed by atoms with E-state index in [0.29, 0.717) is 26.2 Å². The maximum Gasteiger partial charge on any atom is 0.407 e. The highest BCUT2D eigenvalue weighted by Crippen LogP contribution is 2.20. The fourth-order valence-electron chi connectivity index (χ4n) is 2.26. The van der Waals surface area contributed by atoms with Gasteiger partial charge >= 0.3 is 6.09 Å². The van der Waals surface area contributed by atoms with Gasteiger partial charge in [-0.25, -0.2) is 9.78 Å². The van der Waals surface area contributed by atoms with E-state index in [2.05, 4.69) is 20.9 Å². The SMILES string of the molecule is O=C(O)N1CCN(c2cnc3[nH]ccc3c2)CC1. The monoisotopic (exact) mass is 246 g/mol. The number of anilines is 1. The van der Waals surface area contributed by atoms with Crippen molar-refractivity contribution in [2.45, 2.75) is 0 Å². The van der Waals surface area contributed by atoms with E-state index in [0.717, 1.165) is 16.7 Å². The minimum Gasteiger partial charge on any atom is -0.465 e. The predicted molar refractivity (Wildman–Crippen MR) is 67.9 cm³/mol. The Morgan fingerprint density at radius 1 is 1.33 bits per heavy atom. The maximum atomic E-state index is 10.8. The van der Waals surface area contributed by atoms with Gasteiger partial charge < -0.3 is 19.9 Å². The highest BCUT2D eigenvalue weighted by molar-refractivity contribution is 5.79. The number of aromatic amines is 1. The molecular formula is C12H14N4O2. The number of nitrogens with zero attached hydrogens (tertiary/aromatic N) is 3. The number of pyridine rings is 1. The molecule has 3 rings (SSSR count). The molecule has 0 spiro atoms. The van der Waals surface area contributed by atoms with E-state index in [1.807, 2.05) is 18.5 Å². The first-order valence-electron chi connectivity index (χ1n) is 5.90. The van der Waals surface area contributed by atoms with E-state index in [-0.39, 0.29) is 0 Å². The van der Waals surface area contributed by atoms with Crippen molar-refractivity contribution in [3.63, 3.8) is 0 Å². The Balaban J connectivity index is 1.77. The van der Waals surface area contributed by atoms with Gasteiger partial charge in [-0.15, -0.1) is 0 Å². The topological polar surface area (TPSA) is 72.5 Å². The molecule has 1 fully saturated rings. The van der Waals surface area contributed by atoms with E-state index in [1.54, 1.807) is 0 Å². The van der Waals surface area contributed by atoms with Gasteiger partial charge in [0.15, 0.2) is 0 Å².